The number of fused-ring (bicyclic) bond motifs is 1. The largest absolute Gasteiger partial charge is 0.416 e. The van der Waals surface area contributed by atoms with Gasteiger partial charge in [-0.2, -0.15) is 13.2 Å². The van der Waals surface area contributed by atoms with E-state index in [4.69, 9.17) is 12.2 Å². The molecule has 0 radical (unpaired) electrons. The molecule has 1 aromatic rings. The van der Waals surface area contributed by atoms with Gasteiger partial charge in [-0.05, 0) is 30.4 Å². The van der Waals surface area contributed by atoms with Gasteiger partial charge in [-0.3, -0.25) is 0 Å². The first kappa shape index (κ1) is 14.6. The highest BCUT2D eigenvalue weighted by Crippen LogP contribution is 2.34. The topological polar surface area (TPSA) is 49.4 Å². The van der Waals surface area contributed by atoms with Gasteiger partial charge in [-0.15, -0.1) is 0 Å². The van der Waals surface area contributed by atoms with Crippen molar-refractivity contribution in [1.29, 1.82) is 0 Å². The first-order valence-corrected chi connectivity index (χ1v) is 8.38. The van der Waals surface area contributed by atoms with E-state index < -0.39 is 27.6 Å². The maximum absolute atomic E-state index is 12.8. The highest BCUT2D eigenvalue weighted by molar-refractivity contribution is 7.91. The summed E-state index contributed by atoms with van der Waals surface area (Å²) in [6.07, 6.45) is -4.45. The Morgan fingerprint density at radius 2 is 2.00 bits per heavy atom. The standard InChI is InChI=1S/C12H11F3N2O2S2/c13-12(14,15)7-2-1-3-8(4-7)17-10-6-21(18,19)5-9(10)16-11(17)20/h1-4,9-10H,5-6H2,(H,16,20)/t9-,10-/m1/s1. The second kappa shape index (κ2) is 4.57. The fourth-order valence-corrected chi connectivity index (χ4v) is 5.02. The van der Waals surface area contributed by atoms with Crippen molar-refractivity contribution in [2.45, 2.75) is 18.3 Å². The molecule has 2 saturated heterocycles. The lowest BCUT2D eigenvalue weighted by molar-refractivity contribution is -0.137. The van der Waals surface area contributed by atoms with Gasteiger partial charge in [0.1, 0.15) is 0 Å². The number of hydrogen-bond acceptors (Lipinski definition) is 3. The van der Waals surface area contributed by atoms with E-state index >= 15 is 0 Å². The third-order valence-electron chi connectivity index (χ3n) is 3.63. The zero-order valence-corrected chi connectivity index (χ0v) is 12.2. The summed E-state index contributed by atoms with van der Waals surface area (Å²) < 4.78 is 61.7. The van der Waals surface area contributed by atoms with Crippen LogP contribution in [0.3, 0.4) is 0 Å². The van der Waals surface area contributed by atoms with Crippen LogP contribution in [0.2, 0.25) is 0 Å². The quantitative estimate of drug-likeness (QED) is 0.789. The number of sulfone groups is 1. The molecular formula is C12H11F3N2O2S2. The molecule has 0 aliphatic carbocycles. The predicted octanol–water partition coefficient (Wildman–Crippen LogP) is 1.57. The van der Waals surface area contributed by atoms with Crippen molar-refractivity contribution in [3.63, 3.8) is 0 Å². The van der Waals surface area contributed by atoms with Crippen molar-refractivity contribution in [1.82, 2.24) is 5.32 Å². The van der Waals surface area contributed by atoms with Crippen LogP contribution in [0.5, 0.6) is 0 Å². The molecule has 2 heterocycles. The second-order valence-corrected chi connectivity index (χ2v) is 7.66. The lowest BCUT2D eigenvalue weighted by Gasteiger charge is -2.24. The molecule has 0 amide bonds. The summed E-state index contributed by atoms with van der Waals surface area (Å²) in [7, 11) is -3.19. The maximum Gasteiger partial charge on any atom is 0.416 e. The Balaban J connectivity index is 1.98. The van der Waals surface area contributed by atoms with Gasteiger partial charge in [-0.25, -0.2) is 8.42 Å². The number of rotatable bonds is 1. The molecule has 9 heteroatoms. The number of alkyl halides is 3. The maximum atomic E-state index is 12.8. The first-order valence-electron chi connectivity index (χ1n) is 6.15. The van der Waals surface area contributed by atoms with E-state index in [1.807, 2.05) is 0 Å². The zero-order chi connectivity index (χ0) is 15.4. The van der Waals surface area contributed by atoms with Gasteiger partial charge in [0.15, 0.2) is 14.9 Å². The van der Waals surface area contributed by atoms with Crippen LogP contribution in [0, 0.1) is 0 Å². The fourth-order valence-electron chi connectivity index (χ4n) is 2.74. The number of halogens is 3. The summed E-state index contributed by atoms with van der Waals surface area (Å²) in [4.78, 5) is 1.47. The number of hydrogen-bond donors (Lipinski definition) is 1. The third-order valence-corrected chi connectivity index (χ3v) is 5.66. The smallest absolute Gasteiger partial charge is 0.356 e. The van der Waals surface area contributed by atoms with Crippen LogP contribution in [0.1, 0.15) is 5.56 Å². The number of nitrogens with zero attached hydrogens (tertiary/aromatic N) is 1. The Morgan fingerprint density at radius 3 is 2.67 bits per heavy atom. The molecule has 1 N–H and O–H groups in total. The summed E-state index contributed by atoms with van der Waals surface area (Å²) in [5.41, 5.74) is -0.529. The lowest BCUT2D eigenvalue weighted by Crippen LogP contribution is -2.36. The molecule has 3 rings (SSSR count). The minimum atomic E-state index is -4.45. The van der Waals surface area contributed by atoms with Crippen LogP contribution < -0.4 is 10.2 Å². The lowest BCUT2D eigenvalue weighted by atomic mass is 10.1. The molecule has 0 aromatic heterocycles. The Hall–Kier alpha value is -1.35. The number of thiocarbonyl (C=S) groups is 1. The molecule has 0 bridgehead atoms. The molecule has 0 unspecified atom stereocenters. The van der Waals surface area contributed by atoms with Gasteiger partial charge in [0.05, 0.1) is 29.2 Å². The van der Waals surface area contributed by atoms with Gasteiger partial charge in [0, 0.05) is 5.69 Å². The van der Waals surface area contributed by atoms with Crippen molar-refractivity contribution >= 4 is 32.9 Å². The van der Waals surface area contributed by atoms with Crippen LogP contribution >= 0.6 is 12.2 Å². The average molecular weight is 336 g/mol. The molecule has 2 atom stereocenters. The highest BCUT2D eigenvalue weighted by Gasteiger charge is 2.47. The van der Waals surface area contributed by atoms with Gasteiger partial charge >= 0.3 is 6.18 Å². The molecule has 114 valence electrons. The summed E-state index contributed by atoms with van der Waals surface area (Å²) >= 11 is 5.13. The van der Waals surface area contributed by atoms with E-state index in [0.717, 1.165) is 12.1 Å². The van der Waals surface area contributed by atoms with Crippen LogP contribution in [0.25, 0.3) is 0 Å². The Kier molecular flexibility index (Phi) is 3.17. The Labute approximate surface area is 124 Å². The van der Waals surface area contributed by atoms with Crippen molar-refractivity contribution in [2.24, 2.45) is 0 Å². The summed E-state index contributed by atoms with van der Waals surface area (Å²) in [6.45, 7) is 0. The molecule has 0 spiro atoms. The molecular weight excluding hydrogens is 325 g/mol. The third kappa shape index (κ3) is 2.59. The molecule has 0 saturated carbocycles. The molecule has 1 aromatic carbocycles. The van der Waals surface area contributed by atoms with E-state index in [-0.39, 0.29) is 28.3 Å². The van der Waals surface area contributed by atoms with Crippen LogP contribution in [-0.2, 0) is 16.0 Å². The minimum absolute atomic E-state index is 0.0483. The number of nitrogens with one attached hydrogen (secondary N) is 1. The van der Waals surface area contributed by atoms with Gasteiger partial charge < -0.3 is 10.2 Å². The summed E-state index contributed by atoms with van der Waals surface area (Å²) in [6, 6.07) is 3.93. The molecule has 4 nitrogen and oxygen atoms in total. The molecule has 2 fully saturated rings. The van der Waals surface area contributed by atoms with Crippen LogP contribution in [0.4, 0.5) is 18.9 Å². The first-order chi connectivity index (χ1) is 9.67. The Bertz CT molecular complexity index is 703. The number of anilines is 1. The fraction of sp³-hybridized carbons (Fsp3) is 0.417. The van der Waals surface area contributed by atoms with Crippen molar-refractivity contribution in [3.8, 4) is 0 Å². The van der Waals surface area contributed by atoms with Crippen molar-refractivity contribution in [2.75, 3.05) is 16.4 Å². The predicted molar refractivity (Wildman–Crippen MR) is 75.9 cm³/mol. The second-order valence-electron chi connectivity index (χ2n) is 5.12. The molecule has 2 aliphatic heterocycles. The Morgan fingerprint density at radius 1 is 1.29 bits per heavy atom. The van der Waals surface area contributed by atoms with Gasteiger partial charge in [0.2, 0.25) is 0 Å². The monoisotopic (exact) mass is 336 g/mol. The highest BCUT2D eigenvalue weighted by atomic mass is 32.2. The van der Waals surface area contributed by atoms with Crippen molar-refractivity contribution < 1.29 is 21.6 Å². The molecule has 2 aliphatic rings. The normalized spacial score (nSPS) is 27.6. The van der Waals surface area contributed by atoms with Crippen LogP contribution in [-0.4, -0.2) is 37.1 Å². The van der Waals surface area contributed by atoms with Crippen molar-refractivity contribution in [3.05, 3.63) is 29.8 Å². The van der Waals surface area contributed by atoms with E-state index in [0.29, 0.717) is 0 Å². The summed E-state index contributed by atoms with van der Waals surface area (Å²) in [5.74, 6) is -0.158. The zero-order valence-electron chi connectivity index (χ0n) is 10.6. The number of benzene rings is 1. The summed E-state index contributed by atoms with van der Waals surface area (Å²) in [5, 5.41) is 3.14. The SMILES string of the molecule is O=S1(=O)C[C@@H]2[C@@H](C1)NC(=S)N2c1cccc(C(F)(F)F)c1. The molecule has 21 heavy (non-hydrogen) atoms. The van der Waals surface area contributed by atoms with E-state index in [2.05, 4.69) is 5.32 Å². The van der Waals surface area contributed by atoms with E-state index in [1.54, 1.807) is 0 Å². The average Bonchev–Trinajstić information content (AvgIpc) is 2.78. The van der Waals surface area contributed by atoms with E-state index in [1.165, 1.54) is 17.0 Å². The van der Waals surface area contributed by atoms with Gasteiger partial charge in [0.25, 0.3) is 0 Å². The minimum Gasteiger partial charge on any atom is -0.356 e. The van der Waals surface area contributed by atoms with Crippen LogP contribution in [0.15, 0.2) is 24.3 Å². The van der Waals surface area contributed by atoms with E-state index in [9.17, 15) is 21.6 Å². The van der Waals surface area contributed by atoms with Gasteiger partial charge in [-0.1, -0.05) is 6.07 Å².